The predicted molar refractivity (Wildman–Crippen MR) is 85.9 cm³/mol. The lowest BCUT2D eigenvalue weighted by Crippen LogP contribution is -2.44. The highest BCUT2D eigenvalue weighted by molar-refractivity contribution is 9.10. The highest BCUT2D eigenvalue weighted by Crippen LogP contribution is 2.37. The summed E-state index contributed by atoms with van der Waals surface area (Å²) < 4.78 is 1.15. The molecular formula is C17H24BrNO. The Morgan fingerprint density at radius 1 is 1.10 bits per heavy atom. The van der Waals surface area contributed by atoms with E-state index in [2.05, 4.69) is 45.5 Å². The average Bonchev–Trinajstić information content (AvgIpc) is 2.41. The Labute approximate surface area is 130 Å². The third kappa shape index (κ3) is 3.44. The van der Waals surface area contributed by atoms with Crippen LogP contribution >= 0.6 is 15.9 Å². The fourth-order valence-electron chi connectivity index (χ4n) is 3.54. The smallest absolute Gasteiger partial charge is 0.0580 e. The lowest BCUT2D eigenvalue weighted by molar-refractivity contribution is 0.0655. The van der Waals surface area contributed by atoms with Crippen LogP contribution in [-0.4, -0.2) is 23.8 Å². The van der Waals surface area contributed by atoms with E-state index in [4.69, 9.17) is 0 Å². The maximum atomic E-state index is 9.98. The average molecular weight is 338 g/mol. The number of aliphatic hydroxyl groups is 1. The summed E-state index contributed by atoms with van der Waals surface area (Å²) in [6, 6.07) is 9.38. The number of halogens is 1. The molecule has 3 rings (SSSR count). The predicted octanol–water partition coefficient (Wildman–Crippen LogP) is 3.84. The topological polar surface area (TPSA) is 32.3 Å². The van der Waals surface area contributed by atoms with Gasteiger partial charge in [-0.3, -0.25) is 0 Å². The van der Waals surface area contributed by atoms with Crippen molar-refractivity contribution in [1.29, 1.82) is 0 Å². The van der Waals surface area contributed by atoms with E-state index in [9.17, 15) is 5.11 Å². The summed E-state index contributed by atoms with van der Waals surface area (Å²) in [7, 11) is 0. The summed E-state index contributed by atoms with van der Waals surface area (Å²) >= 11 is 3.48. The minimum Gasteiger partial charge on any atom is -0.393 e. The van der Waals surface area contributed by atoms with E-state index in [0.29, 0.717) is 12.0 Å². The van der Waals surface area contributed by atoms with Gasteiger partial charge >= 0.3 is 0 Å². The molecule has 0 saturated heterocycles. The molecule has 0 amide bonds. The van der Waals surface area contributed by atoms with E-state index in [1.54, 1.807) is 0 Å². The first kappa shape index (κ1) is 14.6. The van der Waals surface area contributed by atoms with Gasteiger partial charge in [-0.1, -0.05) is 40.9 Å². The SMILES string of the molecule is OC1CCCCC1CNC1CC(c2ccc(Br)cc2)C1. The van der Waals surface area contributed by atoms with Gasteiger partial charge in [0.2, 0.25) is 0 Å². The number of rotatable bonds is 4. The largest absolute Gasteiger partial charge is 0.393 e. The van der Waals surface area contributed by atoms with E-state index >= 15 is 0 Å². The van der Waals surface area contributed by atoms with E-state index in [1.807, 2.05) is 0 Å². The van der Waals surface area contributed by atoms with Gasteiger partial charge in [-0.15, -0.1) is 0 Å². The summed E-state index contributed by atoms with van der Waals surface area (Å²) in [4.78, 5) is 0. The van der Waals surface area contributed by atoms with Crippen LogP contribution in [0.15, 0.2) is 28.7 Å². The summed E-state index contributed by atoms with van der Waals surface area (Å²) in [5.74, 6) is 1.20. The molecule has 1 aromatic rings. The second kappa shape index (κ2) is 6.59. The Morgan fingerprint density at radius 2 is 1.80 bits per heavy atom. The summed E-state index contributed by atoms with van der Waals surface area (Å²) in [6.45, 7) is 0.999. The van der Waals surface area contributed by atoms with E-state index in [1.165, 1.54) is 37.7 Å². The van der Waals surface area contributed by atoms with Crippen LogP contribution in [0.5, 0.6) is 0 Å². The van der Waals surface area contributed by atoms with Crippen LogP contribution in [-0.2, 0) is 0 Å². The fourth-order valence-corrected chi connectivity index (χ4v) is 3.80. The Hall–Kier alpha value is -0.380. The van der Waals surface area contributed by atoms with Crippen molar-refractivity contribution in [3.63, 3.8) is 0 Å². The molecule has 2 aliphatic carbocycles. The van der Waals surface area contributed by atoms with E-state index < -0.39 is 0 Å². The maximum absolute atomic E-state index is 9.98. The van der Waals surface area contributed by atoms with Gasteiger partial charge in [0.25, 0.3) is 0 Å². The maximum Gasteiger partial charge on any atom is 0.0580 e. The molecule has 0 aromatic heterocycles. The van der Waals surface area contributed by atoms with Crippen molar-refractivity contribution in [3.8, 4) is 0 Å². The highest BCUT2D eigenvalue weighted by Gasteiger charge is 2.31. The van der Waals surface area contributed by atoms with Crippen molar-refractivity contribution in [2.24, 2.45) is 5.92 Å². The van der Waals surface area contributed by atoms with Crippen molar-refractivity contribution in [2.75, 3.05) is 6.54 Å². The summed E-state index contributed by atoms with van der Waals surface area (Å²) in [6.07, 6.45) is 7.09. The van der Waals surface area contributed by atoms with Crippen molar-refractivity contribution in [3.05, 3.63) is 34.3 Å². The van der Waals surface area contributed by atoms with Crippen molar-refractivity contribution in [1.82, 2.24) is 5.32 Å². The molecule has 2 atom stereocenters. The van der Waals surface area contributed by atoms with Crippen molar-refractivity contribution < 1.29 is 5.11 Å². The summed E-state index contributed by atoms with van der Waals surface area (Å²) in [5, 5.41) is 13.6. The van der Waals surface area contributed by atoms with Gasteiger partial charge in [0.15, 0.2) is 0 Å². The molecule has 110 valence electrons. The number of hydrogen-bond donors (Lipinski definition) is 2. The zero-order valence-corrected chi connectivity index (χ0v) is 13.5. The van der Waals surface area contributed by atoms with Gasteiger partial charge in [0, 0.05) is 17.1 Å². The molecule has 0 radical (unpaired) electrons. The zero-order valence-electron chi connectivity index (χ0n) is 11.9. The number of hydrogen-bond acceptors (Lipinski definition) is 2. The third-order valence-corrected chi connectivity index (χ3v) is 5.55. The fraction of sp³-hybridized carbons (Fsp3) is 0.647. The lowest BCUT2D eigenvalue weighted by Gasteiger charge is -2.38. The molecular weight excluding hydrogens is 314 g/mol. The van der Waals surface area contributed by atoms with Crippen LogP contribution in [0.3, 0.4) is 0 Å². The van der Waals surface area contributed by atoms with Crippen LogP contribution in [0, 0.1) is 5.92 Å². The molecule has 1 aromatic carbocycles. The van der Waals surface area contributed by atoms with Crippen LogP contribution < -0.4 is 5.32 Å². The Balaban J connectivity index is 1.41. The molecule has 2 unspecified atom stereocenters. The van der Waals surface area contributed by atoms with E-state index in [-0.39, 0.29) is 6.10 Å². The van der Waals surface area contributed by atoms with Gasteiger partial charge in [-0.2, -0.15) is 0 Å². The number of benzene rings is 1. The molecule has 2 fully saturated rings. The molecule has 0 heterocycles. The van der Waals surface area contributed by atoms with Crippen molar-refractivity contribution in [2.45, 2.75) is 56.6 Å². The number of aliphatic hydroxyl groups excluding tert-OH is 1. The van der Waals surface area contributed by atoms with Gasteiger partial charge in [-0.05, 0) is 55.2 Å². The van der Waals surface area contributed by atoms with Gasteiger partial charge in [-0.25, -0.2) is 0 Å². The molecule has 0 spiro atoms. The molecule has 0 bridgehead atoms. The number of nitrogens with one attached hydrogen (secondary N) is 1. The van der Waals surface area contributed by atoms with Crippen LogP contribution in [0.4, 0.5) is 0 Å². The highest BCUT2D eigenvalue weighted by atomic mass is 79.9. The first-order valence-corrected chi connectivity index (χ1v) is 8.68. The van der Waals surface area contributed by atoms with Crippen LogP contribution in [0.2, 0.25) is 0 Å². The second-order valence-corrected chi connectivity index (χ2v) is 7.35. The van der Waals surface area contributed by atoms with Crippen LogP contribution in [0.1, 0.15) is 50.0 Å². The molecule has 2 aliphatic rings. The first-order chi connectivity index (χ1) is 9.72. The monoisotopic (exact) mass is 337 g/mol. The quantitative estimate of drug-likeness (QED) is 0.874. The van der Waals surface area contributed by atoms with Crippen molar-refractivity contribution >= 4 is 15.9 Å². The van der Waals surface area contributed by atoms with Crippen LogP contribution in [0.25, 0.3) is 0 Å². The minimum atomic E-state index is -0.0707. The zero-order chi connectivity index (χ0) is 13.9. The summed E-state index contributed by atoms with van der Waals surface area (Å²) in [5.41, 5.74) is 1.46. The van der Waals surface area contributed by atoms with E-state index in [0.717, 1.165) is 23.4 Å². The second-order valence-electron chi connectivity index (χ2n) is 6.44. The normalized spacial score (nSPS) is 33.7. The lowest BCUT2D eigenvalue weighted by atomic mass is 9.75. The van der Waals surface area contributed by atoms with Gasteiger partial charge in [0.1, 0.15) is 0 Å². The minimum absolute atomic E-state index is 0.0707. The molecule has 0 aliphatic heterocycles. The van der Waals surface area contributed by atoms with Gasteiger partial charge in [0.05, 0.1) is 6.10 Å². The molecule has 3 heteroatoms. The Morgan fingerprint density at radius 3 is 2.50 bits per heavy atom. The molecule has 2 nitrogen and oxygen atoms in total. The third-order valence-electron chi connectivity index (χ3n) is 5.02. The molecule has 2 saturated carbocycles. The Kier molecular flexibility index (Phi) is 4.79. The van der Waals surface area contributed by atoms with Gasteiger partial charge < -0.3 is 10.4 Å². The standard InChI is InChI=1S/C17H24BrNO/c18-15-7-5-12(6-8-15)14-9-16(10-14)19-11-13-3-1-2-4-17(13)20/h5-8,13-14,16-17,19-20H,1-4,9-11H2. The Bertz CT molecular complexity index is 427. The first-order valence-electron chi connectivity index (χ1n) is 7.89. The molecule has 20 heavy (non-hydrogen) atoms. The molecule has 2 N–H and O–H groups in total.